The van der Waals surface area contributed by atoms with Gasteiger partial charge in [0.05, 0.1) is 0 Å². The summed E-state index contributed by atoms with van der Waals surface area (Å²) in [5.41, 5.74) is 0.0339. The molecule has 2 heterocycles. The lowest BCUT2D eigenvalue weighted by Gasteiger charge is -2.23. The molecule has 18 heavy (non-hydrogen) atoms. The van der Waals surface area contributed by atoms with Crippen molar-refractivity contribution in [3.05, 3.63) is 22.7 Å². The first-order valence-electron chi connectivity index (χ1n) is 6.63. The van der Waals surface area contributed by atoms with Crippen molar-refractivity contribution in [3.8, 4) is 0 Å². The van der Waals surface area contributed by atoms with Crippen LogP contribution in [0, 0.1) is 0 Å². The minimum absolute atomic E-state index is 0.0339. The Morgan fingerprint density at radius 2 is 2.44 bits per heavy atom. The molecular weight excluding hydrogens is 246 g/mol. The van der Waals surface area contributed by atoms with Crippen LogP contribution in [0.3, 0.4) is 0 Å². The van der Waals surface area contributed by atoms with E-state index < -0.39 is 0 Å². The number of aromatic nitrogens is 2. The van der Waals surface area contributed by atoms with Crippen LogP contribution in [0.2, 0.25) is 0 Å². The molecule has 98 valence electrons. The van der Waals surface area contributed by atoms with Crippen LogP contribution in [0.25, 0.3) is 0 Å². The minimum Gasteiger partial charge on any atom is -0.364 e. The van der Waals surface area contributed by atoms with Crippen molar-refractivity contribution < 1.29 is 0 Å². The normalized spacial score (nSPS) is 27.4. The molecule has 1 aliphatic heterocycles. The summed E-state index contributed by atoms with van der Waals surface area (Å²) in [5.74, 6) is 1.74. The molecule has 1 N–H and O–H groups in total. The molecule has 0 amide bonds. The van der Waals surface area contributed by atoms with E-state index in [0.717, 1.165) is 19.4 Å². The van der Waals surface area contributed by atoms with Crippen LogP contribution in [0.4, 0.5) is 5.82 Å². The molecule has 3 rings (SSSR count). The van der Waals surface area contributed by atoms with E-state index in [2.05, 4.69) is 17.2 Å². The maximum absolute atomic E-state index is 12.2. The molecule has 5 heteroatoms. The molecule has 1 aromatic heterocycles. The molecule has 2 fully saturated rings. The van der Waals surface area contributed by atoms with Gasteiger partial charge in [0, 0.05) is 29.7 Å². The highest BCUT2D eigenvalue weighted by atomic mass is 32.2. The molecule has 1 aliphatic carbocycles. The Morgan fingerprint density at radius 3 is 3.11 bits per heavy atom. The first kappa shape index (κ1) is 12.1. The summed E-state index contributed by atoms with van der Waals surface area (Å²) in [5, 5.41) is 3.25. The highest BCUT2D eigenvalue weighted by molar-refractivity contribution is 8.00. The molecule has 0 bridgehead atoms. The zero-order valence-electron chi connectivity index (χ0n) is 10.7. The Balaban J connectivity index is 1.72. The average Bonchev–Trinajstić information content (AvgIpc) is 3.11. The molecule has 1 unspecified atom stereocenters. The van der Waals surface area contributed by atoms with Crippen LogP contribution in [-0.2, 0) is 0 Å². The Labute approximate surface area is 111 Å². The van der Waals surface area contributed by atoms with Crippen LogP contribution in [0.15, 0.2) is 17.2 Å². The molecule has 0 radical (unpaired) electrons. The van der Waals surface area contributed by atoms with Crippen LogP contribution in [0.5, 0.6) is 0 Å². The van der Waals surface area contributed by atoms with Gasteiger partial charge in [0.25, 0.3) is 5.56 Å². The van der Waals surface area contributed by atoms with Crippen molar-refractivity contribution in [2.24, 2.45) is 0 Å². The molecule has 0 aromatic carbocycles. The Kier molecular flexibility index (Phi) is 3.09. The average molecular weight is 265 g/mol. The van der Waals surface area contributed by atoms with Gasteiger partial charge >= 0.3 is 0 Å². The lowest BCUT2D eigenvalue weighted by atomic mass is 10.1. The number of thioether (sulfide) groups is 1. The van der Waals surface area contributed by atoms with Gasteiger partial charge < -0.3 is 9.88 Å². The van der Waals surface area contributed by atoms with Gasteiger partial charge in [-0.1, -0.05) is 0 Å². The summed E-state index contributed by atoms with van der Waals surface area (Å²) in [6, 6.07) is 0.414. The maximum Gasteiger partial charge on any atom is 0.293 e. The summed E-state index contributed by atoms with van der Waals surface area (Å²) in [7, 11) is 0. The second-order valence-corrected chi connectivity index (χ2v) is 7.16. The van der Waals surface area contributed by atoms with Gasteiger partial charge in [-0.05, 0) is 38.4 Å². The zero-order chi connectivity index (χ0) is 12.6. The molecular formula is C13H19N3OS. The van der Waals surface area contributed by atoms with Gasteiger partial charge in [-0.2, -0.15) is 11.8 Å². The Hall–Kier alpha value is -0.970. The maximum atomic E-state index is 12.2. The van der Waals surface area contributed by atoms with E-state index in [9.17, 15) is 4.79 Å². The number of hydrogen-bond donors (Lipinski definition) is 1. The first-order chi connectivity index (χ1) is 8.68. The van der Waals surface area contributed by atoms with Crippen molar-refractivity contribution in [1.82, 2.24) is 9.55 Å². The lowest BCUT2D eigenvalue weighted by Crippen LogP contribution is -2.31. The fraction of sp³-hybridized carbons (Fsp3) is 0.692. The third kappa shape index (κ3) is 2.41. The van der Waals surface area contributed by atoms with Crippen LogP contribution in [0.1, 0.15) is 38.6 Å². The van der Waals surface area contributed by atoms with E-state index >= 15 is 0 Å². The minimum atomic E-state index is 0.0339. The molecule has 1 saturated carbocycles. The standard InChI is InChI=1S/C13H19N3OS/c1-13(5-2-8-18-13)9-15-11-12(17)16(7-6-14-11)10-3-4-10/h6-7,10H,2-5,8-9H2,1H3,(H,14,15). The van der Waals surface area contributed by atoms with Gasteiger partial charge in [0.2, 0.25) is 0 Å². The van der Waals surface area contributed by atoms with E-state index in [1.807, 2.05) is 16.3 Å². The second kappa shape index (κ2) is 4.61. The molecule has 1 atom stereocenters. The summed E-state index contributed by atoms with van der Waals surface area (Å²) >= 11 is 1.99. The SMILES string of the molecule is CC1(CNc2nccn(C3CC3)c2=O)CCCS1. The second-order valence-electron chi connectivity index (χ2n) is 5.47. The monoisotopic (exact) mass is 265 g/mol. The lowest BCUT2D eigenvalue weighted by molar-refractivity contribution is 0.630. The third-order valence-electron chi connectivity index (χ3n) is 3.74. The van der Waals surface area contributed by atoms with E-state index in [4.69, 9.17) is 0 Å². The zero-order valence-corrected chi connectivity index (χ0v) is 11.5. The molecule has 1 aromatic rings. The van der Waals surface area contributed by atoms with Crippen molar-refractivity contribution in [2.45, 2.75) is 43.4 Å². The molecule has 0 spiro atoms. The van der Waals surface area contributed by atoms with Gasteiger partial charge in [0.15, 0.2) is 5.82 Å². The van der Waals surface area contributed by atoms with Crippen molar-refractivity contribution >= 4 is 17.6 Å². The number of hydrogen-bond acceptors (Lipinski definition) is 4. The Morgan fingerprint density at radius 1 is 1.61 bits per heavy atom. The van der Waals surface area contributed by atoms with Gasteiger partial charge in [-0.25, -0.2) is 4.98 Å². The molecule has 2 aliphatic rings. The van der Waals surface area contributed by atoms with Crippen LogP contribution in [-0.4, -0.2) is 26.6 Å². The van der Waals surface area contributed by atoms with E-state index in [1.165, 1.54) is 18.6 Å². The van der Waals surface area contributed by atoms with Crippen LogP contribution >= 0.6 is 11.8 Å². The van der Waals surface area contributed by atoms with Crippen molar-refractivity contribution in [1.29, 1.82) is 0 Å². The molecule has 1 saturated heterocycles. The van der Waals surface area contributed by atoms with Crippen LogP contribution < -0.4 is 10.9 Å². The largest absolute Gasteiger partial charge is 0.364 e. The third-order valence-corrected chi connectivity index (χ3v) is 5.28. The van der Waals surface area contributed by atoms with E-state index in [-0.39, 0.29) is 10.3 Å². The quantitative estimate of drug-likeness (QED) is 0.907. The Bertz CT molecular complexity index is 489. The number of nitrogens with zero attached hydrogens (tertiary/aromatic N) is 2. The number of nitrogens with one attached hydrogen (secondary N) is 1. The van der Waals surface area contributed by atoms with Crippen molar-refractivity contribution in [3.63, 3.8) is 0 Å². The summed E-state index contributed by atoms with van der Waals surface area (Å²) in [6.45, 7) is 3.09. The fourth-order valence-electron chi connectivity index (χ4n) is 2.43. The summed E-state index contributed by atoms with van der Waals surface area (Å²) in [6.07, 6.45) is 8.27. The van der Waals surface area contributed by atoms with Gasteiger partial charge in [-0.3, -0.25) is 4.79 Å². The number of anilines is 1. The first-order valence-corrected chi connectivity index (χ1v) is 7.61. The molecule has 4 nitrogen and oxygen atoms in total. The van der Waals surface area contributed by atoms with E-state index in [1.54, 1.807) is 12.4 Å². The van der Waals surface area contributed by atoms with Gasteiger partial charge in [0.1, 0.15) is 0 Å². The predicted molar refractivity (Wildman–Crippen MR) is 75.4 cm³/mol. The topological polar surface area (TPSA) is 46.9 Å². The predicted octanol–water partition coefficient (Wildman–Crippen LogP) is 2.28. The highest BCUT2D eigenvalue weighted by Gasteiger charge is 2.30. The highest BCUT2D eigenvalue weighted by Crippen LogP contribution is 2.37. The summed E-state index contributed by atoms with van der Waals surface area (Å²) in [4.78, 5) is 16.4. The summed E-state index contributed by atoms with van der Waals surface area (Å²) < 4.78 is 2.08. The van der Waals surface area contributed by atoms with E-state index in [0.29, 0.717) is 11.9 Å². The smallest absolute Gasteiger partial charge is 0.293 e. The van der Waals surface area contributed by atoms with Crippen molar-refractivity contribution in [2.75, 3.05) is 17.6 Å². The van der Waals surface area contributed by atoms with Gasteiger partial charge in [-0.15, -0.1) is 0 Å². The fourth-order valence-corrected chi connectivity index (χ4v) is 3.68. The number of rotatable bonds is 4.